The van der Waals surface area contributed by atoms with Gasteiger partial charge in [-0.25, -0.2) is 4.68 Å². The smallest absolute Gasteiger partial charge is 0.227 e. The van der Waals surface area contributed by atoms with E-state index in [1.165, 1.54) is 0 Å². The molecule has 0 fully saturated rings. The maximum Gasteiger partial charge on any atom is 0.227 e. The van der Waals surface area contributed by atoms with Crippen LogP contribution in [0.5, 0.6) is 5.75 Å². The second-order valence-corrected chi connectivity index (χ2v) is 9.66. The number of ether oxygens (including phenoxy) is 1. The average Bonchev–Trinajstić information content (AvgIpc) is 3.10. The second kappa shape index (κ2) is 8.13. The summed E-state index contributed by atoms with van der Waals surface area (Å²) >= 11 is 0. The van der Waals surface area contributed by atoms with Crippen LogP contribution < -0.4 is 15.0 Å². The van der Waals surface area contributed by atoms with Gasteiger partial charge in [-0.15, -0.1) is 0 Å². The molecule has 2 heterocycles. The maximum atomic E-state index is 12.8. The molecular formula is C23H32N4O3. The molecule has 7 heteroatoms. The molecule has 0 spiro atoms. The van der Waals surface area contributed by atoms with Crippen molar-refractivity contribution in [2.75, 3.05) is 23.4 Å². The zero-order valence-electron chi connectivity index (χ0n) is 18.8. The number of nitrogens with one attached hydrogen (secondary N) is 1. The van der Waals surface area contributed by atoms with Crippen molar-refractivity contribution in [3.63, 3.8) is 0 Å². The van der Waals surface area contributed by atoms with E-state index in [0.29, 0.717) is 24.7 Å². The van der Waals surface area contributed by atoms with Gasteiger partial charge in [0, 0.05) is 24.3 Å². The molecule has 1 aromatic carbocycles. The number of hydrogen-bond donors (Lipinski definition) is 1. The standard InChI is InChI=1S/C23H32N4O3/c1-22(2,3)18-15-19(27(25-18)23(4,5)6)24-20(28)11-12-21(29)26-13-14-30-17-10-8-7-9-16(17)26/h7-10,15H,11-14H2,1-6H3,(H,24,28). The van der Waals surface area contributed by atoms with Crippen molar-refractivity contribution >= 4 is 23.3 Å². The van der Waals surface area contributed by atoms with Gasteiger partial charge in [-0.05, 0) is 32.9 Å². The van der Waals surface area contributed by atoms with Crippen LogP contribution in [0.1, 0.15) is 60.1 Å². The minimum atomic E-state index is -0.278. The second-order valence-electron chi connectivity index (χ2n) is 9.66. The van der Waals surface area contributed by atoms with Crippen LogP contribution in [0.15, 0.2) is 30.3 Å². The topological polar surface area (TPSA) is 76.5 Å². The fourth-order valence-corrected chi connectivity index (χ4v) is 3.34. The van der Waals surface area contributed by atoms with Crippen molar-refractivity contribution in [3.8, 4) is 5.75 Å². The summed E-state index contributed by atoms with van der Waals surface area (Å²) in [6, 6.07) is 9.39. The lowest BCUT2D eigenvalue weighted by Crippen LogP contribution is -2.38. The summed E-state index contributed by atoms with van der Waals surface area (Å²) in [5, 5.41) is 7.67. The van der Waals surface area contributed by atoms with Gasteiger partial charge in [-0.2, -0.15) is 5.10 Å². The van der Waals surface area contributed by atoms with Crippen LogP contribution in [0.2, 0.25) is 0 Å². The van der Waals surface area contributed by atoms with E-state index in [1.807, 2.05) is 55.8 Å². The molecule has 30 heavy (non-hydrogen) atoms. The number of rotatable bonds is 4. The van der Waals surface area contributed by atoms with E-state index in [4.69, 9.17) is 9.84 Å². The number of fused-ring (bicyclic) bond motifs is 1. The number of aromatic nitrogens is 2. The molecule has 3 rings (SSSR count). The SMILES string of the molecule is CC(C)(C)c1cc(NC(=O)CCC(=O)N2CCOc3ccccc32)n(C(C)(C)C)n1. The fourth-order valence-electron chi connectivity index (χ4n) is 3.34. The van der Waals surface area contributed by atoms with E-state index in [0.717, 1.165) is 11.4 Å². The molecule has 162 valence electrons. The number of para-hydroxylation sites is 2. The Hall–Kier alpha value is -2.83. The van der Waals surface area contributed by atoms with Crippen LogP contribution in [-0.2, 0) is 20.5 Å². The third-order valence-corrected chi connectivity index (χ3v) is 4.98. The monoisotopic (exact) mass is 412 g/mol. The van der Waals surface area contributed by atoms with Crippen LogP contribution in [0, 0.1) is 0 Å². The van der Waals surface area contributed by atoms with E-state index >= 15 is 0 Å². The van der Waals surface area contributed by atoms with Crippen molar-refractivity contribution < 1.29 is 14.3 Å². The molecule has 2 amide bonds. The predicted molar refractivity (Wildman–Crippen MR) is 118 cm³/mol. The highest BCUT2D eigenvalue weighted by Gasteiger charge is 2.27. The molecule has 0 aliphatic carbocycles. The molecule has 0 bridgehead atoms. The van der Waals surface area contributed by atoms with E-state index in [9.17, 15) is 9.59 Å². The van der Waals surface area contributed by atoms with Crippen molar-refractivity contribution in [1.29, 1.82) is 0 Å². The minimum Gasteiger partial charge on any atom is -0.490 e. The lowest BCUT2D eigenvalue weighted by molar-refractivity contribution is -0.122. The molecule has 7 nitrogen and oxygen atoms in total. The van der Waals surface area contributed by atoms with Crippen molar-refractivity contribution in [2.24, 2.45) is 0 Å². The number of carbonyl (C=O) groups excluding carboxylic acids is 2. The highest BCUT2D eigenvalue weighted by atomic mass is 16.5. The van der Waals surface area contributed by atoms with Gasteiger partial charge >= 0.3 is 0 Å². The summed E-state index contributed by atoms with van der Waals surface area (Å²) in [6.07, 6.45) is 0.245. The van der Waals surface area contributed by atoms with Crippen molar-refractivity contribution in [1.82, 2.24) is 9.78 Å². The van der Waals surface area contributed by atoms with Gasteiger partial charge in [0.15, 0.2) is 0 Å². The zero-order valence-corrected chi connectivity index (χ0v) is 18.8. The highest BCUT2D eigenvalue weighted by Crippen LogP contribution is 2.32. The number of anilines is 2. The Morgan fingerprint density at radius 2 is 1.80 bits per heavy atom. The predicted octanol–water partition coefficient (Wildman–Crippen LogP) is 4.08. The van der Waals surface area contributed by atoms with Crippen LogP contribution >= 0.6 is 0 Å². The molecule has 0 unspecified atom stereocenters. The lowest BCUT2D eigenvalue weighted by atomic mass is 9.92. The summed E-state index contributed by atoms with van der Waals surface area (Å²) in [5.41, 5.74) is 1.26. The first-order chi connectivity index (χ1) is 14.0. The van der Waals surface area contributed by atoms with Crippen LogP contribution in [0.3, 0.4) is 0 Å². The summed E-state index contributed by atoms with van der Waals surface area (Å²) in [6.45, 7) is 13.3. The van der Waals surface area contributed by atoms with Gasteiger partial charge in [-0.3, -0.25) is 9.59 Å². The minimum absolute atomic E-state index is 0.0828. The van der Waals surface area contributed by atoms with Crippen molar-refractivity contribution in [2.45, 2.75) is 65.3 Å². The van der Waals surface area contributed by atoms with Crippen LogP contribution in [0.25, 0.3) is 0 Å². The van der Waals surface area contributed by atoms with E-state index in [1.54, 1.807) is 4.90 Å². The molecular weight excluding hydrogens is 380 g/mol. The van der Waals surface area contributed by atoms with Gasteiger partial charge in [0.05, 0.1) is 23.5 Å². The number of amides is 2. The lowest BCUT2D eigenvalue weighted by Gasteiger charge is -2.29. The first kappa shape index (κ1) is 21.9. The third kappa shape index (κ3) is 4.83. The molecule has 1 aliphatic heterocycles. The first-order valence-electron chi connectivity index (χ1n) is 10.4. The van der Waals surface area contributed by atoms with Crippen molar-refractivity contribution in [3.05, 3.63) is 36.0 Å². The molecule has 1 N–H and O–H groups in total. The molecule has 0 radical (unpaired) electrons. The Morgan fingerprint density at radius 3 is 2.47 bits per heavy atom. The number of carbonyl (C=O) groups is 2. The normalized spacial score (nSPS) is 14.1. The largest absolute Gasteiger partial charge is 0.490 e. The van der Waals surface area contributed by atoms with E-state index in [-0.39, 0.29) is 35.6 Å². The Kier molecular flexibility index (Phi) is 5.92. The van der Waals surface area contributed by atoms with Crippen LogP contribution in [-0.4, -0.2) is 34.7 Å². The fraction of sp³-hybridized carbons (Fsp3) is 0.522. The Bertz CT molecular complexity index is 935. The molecule has 0 saturated carbocycles. The third-order valence-electron chi connectivity index (χ3n) is 4.98. The zero-order chi connectivity index (χ0) is 22.1. The Balaban J connectivity index is 1.67. The summed E-state index contributed by atoms with van der Waals surface area (Å²) in [7, 11) is 0. The first-order valence-corrected chi connectivity index (χ1v) is 10.4. The number of nitrogens with zero attached hydrogens (tertiary/aromatic N) is 3. The molecule has 1 aromatic heterocycles. The summed E-state index contributed by atoms with van der Waals surface area (Å²) in [5.74, 6) is 1.07. The van der Waals surface area contributed by atoms with E-state index in [2.05, 4.69) is 26.1 Å². The highest BCUT2D eigenvalue weighted by molar-refractivity contribution is 5.99. The van der Waals surface area contributed by atoms with Gasteiger partial charge in [-0.1, -0.05) is 32.9 Å². The summed E-state index contributed by atoms with van der Waals surface area (Å²) < 4.78 is 7.44. The van der Waals surface area contributed by atoms with Gasteiger partial charge in [0.2, 0.25) is 11.8 Å². The quantitative estimate of drug-likeness (QED) is 0.821. The molecule has 1 aliphatic rings. The van der Waals surface area contributed by atoms with Gasteiger partial charge in [0.25, 0.3) is 0 Å². The Morgan fingerprint density at radius 1 is 1.10 bits per heavy atom. The number of benzene rings is 1. The molecule has 0 atom stereocenters. The van der Waals surface area contributed by atoms with Gasteiger partial charge < -0.3 is 15.0 Å². The summed E-state index contributed by atoms with van der Waals surface area (Å²) in [4.78, 5) is 27.1. The average molecular weight is 413 g/mol. The van der Waals surface area contributed by atoms with Gasteiger partial charge in [0.1, 0.15) is 18.2 Å². The Labute approximate surface area is 178 Å². The molecule has 2 aromatic rings. The van der Waals surface area contributed by atoms with Crippen LogP contribution in [0.4, 0.5) is 11.5 Å². The maximum absolute atomic E-state index is 12.8. The molecule has 0 saturated heterocycles. The number of hydrogen-bond acceptors (Lipinski definition) is 4. The van der Waals surface area contributed by atoms with E-state index < -0.39 is 0 Å².